The molecule has 0 saturated heterocycles. The average molecular weight is 346 g/mol. The van der Waals surface area contributed by atoms with E-state index >= 15 is 0 Å². The summed E-state index contributed by atoms with van der Waals surface area (Å²) in [6, 6.07) is 13.0. The second kappa shape index (κ2) is 6.15. The van der Waals surface area contributed by atoms with Crippen LogP contribution in [0.5, 0.6) is 5.75 Å². The predicted molar refractivity (Wildman–Crippen MR) is 101 cm³/mol. The normalized spacial score (nSPS) is 11.0. The molecule has 130 valence electrons. The smallest absolute Gasteiger partial charge is 0.273 e. The number of hydrogen-bond donors (Lipinski definition) is 1. The Morgan fingerprint density at radius 1 is 1.12 bits per heavy atom. The third kappa shape index (κ3) is 2.56. The number of methoxy groups -OCH3 is 1. The van der Waals surface area contributed by atoms with Crippen LogP contribution in [0.25, 0.3) is 28.3 Å². The van der Waals surface area contributed by atoms with Gasteiger partial charge in [-0.15, -0.1) is 0 Å². The maximum atomic E-state index is 12.6. The van der Waals surface area contributed by atoms with Crippen LogP contribution in [-0.2, 0) is 0 Å². The molecule has 6 nitrogen and oxygen atoms in total. The summed E-state index contributed by atoms with van der Waals surface area (Å²) < 4.78 is 6.67. The first-order chi connectivity index (χ1) is 12.6. The number of nitrogens with zero attached hydrogens (tertiary/aromatic N) is 3. The SMILES string of the molecule is COc1ccc(-c2[nH]n3c(=O)cc(-c4ncccc4C)nc3c2C)cc1. The molecule has 0 atom stereocenters. The van der Waals surface area contributed by atoms with E-state index < -0.39 is 0 Å². The van der Waals surface area contributed by atoms with Gasteiger partial charge in [0, 0.05) is 23.4 Å². The third-order valence-corrected chi connectivity index (χ3v) is 4.48. The van der Waals surface area contributed by atoms with Crippen LogP contribution >= 0.6 is 0 Å². The number of pyridine rings is 1. The number of aryl methyl sites for hydroxylation is 2. The fourth-order valence-corrected chi connectivity index (χ4v) is 3.06. The maximum absolute atomic E-state index is 12.6. The summed E-state index contributed by atoms with van der Waals surface area (Å²) in [6.45, 7) is 3.91. The van der Waals surface area contributed by atoms with Crippen LogP contribution in [0.2, 0.25) is 0 Å². The highest BCUT2D eigenvalue weighted by atomic mass is 16.5. The van der Waals surface area contributed by atoms with Crippen molar-refractivity contribution in [3.8, 4) is 28.4 Å². The van der Waals surface area contributed by atoms with E-state index in [1.165, 1.54) is 10.6 Å². The Morgan fingerprint density at radius 2 is 1.88 bits per heavy atom. The van der Waals surface area contributed by atoms with E-state index in [1.54, 1.807) is 13.3 Å². The third-order valence-electron chi connectivity index (χ3n) is 4.48. The minimum absolute atomic E-state index is 0.169. The summed E-state index contributed by atoms with van der Waals surface area (Å²) in [5, 5.41) is 3.16. The van der Waals surface area contributed by atoms with Crippen molar-refractivity contribution < 1.29 is 4.74 Å². The molecule has 6 heteroatoms. The van der Waals surface area contributed by atoms with Crippen LogP contribution in [-0.4, -0.2) is 26.7 Å². The Kier molecular flexibility index (Phi) is 3.80. The molecule has 1 N–H and O–H groups in total. The molecule has 0 bridgehead atoms. The van der Waals surface area contributed by atoms with Gasteiger partial charge in [0.05, 0.1) is 24.2 Å². The first-order valence-electron chi connectivity index (χ1n) is 8.27. The molecule has 4 rings (SSSR count). The second-order valence-electron chi connectivity index (χ2n) is 6.15. The number of aromatic amines is 1. The zero-order valence-electron chi connectivity index (χ0n) is 14.8. The summed E-state index contributed by atoms with van der Waals surface area (Å²) in [4.78, 5) is 21.7. The highest BCUT2D eigenvalue weighted by Gasteiger charge is 2.15. The summed E-state index contributed by atoms with van der Waals surface area (Å²) in [5.41, 5.74) is 5.43. The number of hydrogen-bond acceptors (Lipinski definition) is 4. The fraction of sp³-hybridized carbons (Fsp3) is 0.150. The molecule has 0 amide bonds. The van der Waals surface area contributed by atoms with E-state index in [1.807, 2.05) is 50.2 Å². The lowest BCUT2D eigenvalue weighted by Crippen LogP contribution is -2.14. The molecule has 0 aliphatic rings. The van der Waals surface area contributed by atoms with Gasteiger partial charge in [0.25, 0.3) is 5.56 Å². The number of benzene rings is 1. The van der Waals surface area contributed by atoms with Gasteiger partial charge < -0.3 is 4.74 Å². The van der Waals surface area contributed by atoms with Gasteiger partial charge in [-0.05, 0) is 49.7 Å². The Morgan fingerprint density at radius 3 is 2.58 bits per heavy atom. The van der Waals surface area contributed by atoms with Gasteiger partial charge >= 0.3 is 0 Å². The van der Waals surface area contributed by atoms with Gasteiger partial charge in [-0.25, -0.2) is 9.50 Å². The van der Waals surface area contributed by atoms with E-state index in [0.29, 0.717) is 11.3 Å². The fourth-order valence-electron chi connectivity index (χ4n) is 3.06. The van der Waals surface area contributed by atoms with Crippen molar-refractivity contribution in [2.24, 2.45) is 0 Å². The molecule has 0 fully saturated rings. The van der Waals surface area contributed by atoms with Gasteiger partial charge in [0.15, 0.2) is 5.65 Å². The highest BCUT2D eigenvalue weighted by Crippen LogP contribution is 2.27. The zero-order valence-corrected chi connectivity index (χ0v) is 14.8. The minimum Gasteiger partial charge on any atom is -0.497 e. The van der Waals surface area contributed by atoms with Crippen LogP contribution in [0.4, 0.5) is 0 Å². The van der Waals surface area contributed by atoms with Crippen molar-refractivity contribution in [3.63, 3.8) is 0 Å². The van der Waals surface area contributed by atoms with Crippen molar-refractivity contribution in [2.45, 2.75) is 13.8 Å². The van der Waals surface area contributed by atoms with Crippen LogP contribution < -0.4 is 10.3 Å². The number of aromatic nitrogens is 4. The standard InChI is InChI=1S/C20H18N4O2/c1-12-5-4-10-21-18(12)16-11-17(25)24-20(22-16)13(2)19(23-24)14-6-8-15(26-3)9-7-14/h4-11,23H,1-3H3. The predicted octanol–water partition coefficient (Wildman–Crippen LogP) is 3.38. The summed E-state index contributed by atoms with van der Waals surface area (Å²) in [7, 11) is 1.63. The number of fused-ring (bicyclic) bond motifs is 1. The number of H-pyrrole nitrogens is 1. The number of nitrogens with one attached hydrogen (secondary N) is 1. The quantitative estimate of drug-likeness (QED) is 0.617. The molecule has 0 unspecified atom stereocenters. The molecule has 1 aromatic carbocycles. The van der Waals surface area contributed by atoms with Crippen molar-refractivity contribution in [3.05, 3.63) is 70.1 Å². The lowest BCUT2D eigenvalue weighted by Gasteiger charge is -2.03. The van der Waals surface area contributed by atoms with Gasteiger partial charge in [-0.2, -0.15) is 0 Å². The van der Waals surface area contributed by atoms with Crippen LogP contribution in [0.15, 0.2) is 53.5 Å². The van der Waals surface area contributed by atoms with Crippen molar-refractivity contribution in [1.82, 2.24) is 19.6 Å². The molecular weight excluding hydrogens is 328 g/mol. The van der Waals surface area contributed by atoms with Gasteiger partial charge in [-0.3, -0.25) is 14.9 Å². The van der Waals surface area contributed by atoms with E-state index in [0.717, 1.165) is 33.8 Å². The van der Waals surface area contributed by atoms with Crippen LogP contribution in [0.1, 0.15) is 11.1 Å². The molecule has 3 heterocycles. The molecule has 0 aliphatic heterocycles. The monoisotopic (exact) mass is 346 g/mol. The largest absolute Gasteiger partial charge is 0.497 e. The van der Waals surface area contributed by atoms with E-state index in [-0.39, 0.29) is 5.56 Å². The topological polar surface area (TPSA) is 72.3 Å². The minimum atomic E-state index is -0.169. The van der Waals surface area contributed by atoms with Crippen molar-refractivity contribution in [2.75, 3.05) is 7.11 Å². The first kappa shape index (κ1) is 16.1. The first-order valence-corrected chi connectivity index (χ1v) is 8.27. The highest BCUT2D eigenvalue weighted by molar-refractivity contribution is 5.72. The Balaban J connectivity index is 1.91. The zero-order chi connectivity index (χ0) is 18.3. The summed E-state index contributed by atoms with van der Waals surface area (Å²) >= 11 is 0. The number of ether oxygens (including phenoxy) is 1. The summed E-state index contributed by atoms with van der Waals surface area (Å²) in [6.07, 6.45) is 1.71. The van der Waals surface area contributed by atoms with Crippen molar-refractivity contribution in [1.29, 1.82) is 0 Å². The molecule has 4 aromatic rings. The van der Waals surface area contributed by atoms with E-state index in [9.17, 15) is 4.79 Å². The lowest BCUT2D eigenvalue weighted by atomic mass is 10.1. The Hall–Kier alpha value is -3.41. The maximum Gasteiger partial charge on any atom is 0.273 e. The molecule has 0 aliphatic carbocycles. The molecule has 0 spiro atoms. The molecular formula is C20H18N4O2. The van der Waals surface area contributed by atoms with Gasteiger partial charge in [0.2, 0.25) is 0 Å². The second-order valence-corrected chi connectivity index (χ2v) is 6.15. The lowest BCUT2D eigenvalue weighted by molar-refractivity contribution is 0.415. The molecule has 0 saturated carbocycles. The molecule has 0 radical (unpaired) electrons. The molecule has 26 heavy (non-hydrogen) atoms. The van der Waals surface area contributed by atoms with Crippen molar-refractivity contribution >= 4 is 5.65 Å². The van der Waals surface area contributed by atoms with Crippen LogP contribution in [0.3, 0.4) is 0 Å². The van der Waals surface area contributed by atoms with E-state index in [2.05, 4.69) is 10.1 Å². The van der Waals surface area contributed by atoms with Gasteiger partial charge in [-0.1, -0.05) is 6.07 Å². The Labute approximate surface area is 150 Å². The average Bonchev–Trinajstić information content (AvgIpc) is 3.00. The van der Waals surface area contributed by atoms with Gasteiger partial charge in [0.1, 0.15) is 5.75 Å². The molecule has 3 aromatic heterocycles. The van der Waals surface area contributed by atoms with E-state index in [4.69, 9.17) is 9.72 Å². The summed E-state index contributed by atoms with van der Waals surface area (Å²) in [5.74, 6) is 0.783. The van der Waals surface area contributed by atoms with Crippen LogP contribution in [0, 0.1) is 13.8 Å². The Bertz CT molecular complexity index is 1160. The number of rotatable bonds is 3.